The summed E-state index contributed by atoms with van der Waals surface area (Å²) < 4.78 is 8.71. The zero-order valence-corrected chi connectivity index (χ0v) is 9.55. The minimum Gasteiger partial charge on any atom is -0.369 e. The normalized spacial score (nSPS) is 16.5. The Hall–Kier alpha value is -1.16. The highest BCUT2D eigenvalue weighted by Gasteiger charge is 2.18. The quantitative estimate of drug-likeness (QED) is 0.738. The summed E-state index contributed by atoms with van der Waals surface area (Å²) in [7, 11) is 0. The number of rotatable bonds is 1. The predicted molar refractivity (Wildman–Crippen MR) is 63.6 cm³/mol. The van der Waals surface area contributed by atoms with Crippen molar-refractivity contribution in [2.24, 2.45) is 0 Å². The highest BCUT2D eigenvalue weighted by Crippen LogP contribution is 2.31. The Morgan fingerprint density at radius 1 is 1.20 bits per heavy atom. The fourth-order valence-corrected chi connectivity index (χ4v) is 2.82. The molecule has 0 spiro atoms. The van der Waals surface area contributed by atoms with Crippen molar-refractivity contribution in [3.05, 3.63) is 17.7 Å². The molecule has 1 aliphatic rings. The Morgan fingerprint density at radius 2 is 2.00 bits per heavy atom. The second-order valence-corrected chi connectivity index (χ2v) is 4.59. The zero-order valence-electron chi connectivity index (χ0n) is 8.73. The summed E-state index contributed by atoms with van der Waals surface area (Å²) >= 11 is 1.31. The number of anilines is 1. The number of aryl methyl sites for hydroxylation is 1. The molecule has 3 nitrogen and oxygen atoms in total. The third-order valence-electron chi connectivity index (χ3n) is 3.03. The van der Waals surface area contributed by atoms with Crippen LogP contribution in [0.4, 0.5) is 5.69 Å². The summed E-state index contributed by atoms with van der Waals surface area (Å²) in [5, 5.41) is 0. The third-order valence-corrected chi connectivity index (χ3v) is 3.57. The van der Waals surface area contributed by atoms with Gasteiger partial charge in [0.1, 0.15) is 11.0 Å². The van der Waals surface area contributed by atoms with Crippen LogP contribution in [0.15, 0.2) is 12.1 Å². The van der Waals surface area contributed by atoms with Crippen molar-refractivity contribution in [3.63, 3.8) is 0 Å². The van der Waals surface area contributed by atoms with Crippen LogP contribution in [0, 0.1) is 6.92 Å². The standard InChI is InChI=1S/C11H13N3S/c1-8-4-5-9-10(13-15-12-9)11(8)14-6-2-3-7-14/h4-5H,2-3,6-7H2,1H3. The van der Waals surface area contributed by atoms with Gasteiger partial charge in [0.05, 0.1) is 17.4 Å². The third kappa shape index (κ3) is 1.40. The van der Waals surface area contributed by atoms with E-state index in [-0.39, 0.29) is 0 Å². The van der Waals surface area contributed by atoms with Crippen molar-refractivity contribution in [2.45, 2.75) is 19.8 Å². The zero-order chi connectivity index (χ0) is 10.3. The van der Waals surface area contributed by atoms with Crippen molar-refractivity contribution in [2.75, 3.05) is 18.0 Å². The van der Waals surface area contributed by atoms with E-state index in [0.717, 1.165) is 24.1 Å². The van der Waals surface area contributed by atoms with Crippen LogP contribution in [0.3, 0.4) is 0 Å². The summed E-state index contributed by atoms with van der Waals surface area (Å²) in [6.07, 6.45) is 2.60. The number of fused-ring (bicyclic) bond motifs is 1. The van der Waals surface area contributed by atoms with E-state index in [1.54, 1.807) is 0 Å². The fraction of sp³-hybridized carbons (Fsp3) is 0.455. The van der Waals surface area contributed by atoms with Crippen molar-refractivity contribution < 1.29 is 0 Å². The van der Waals surface area contributed by atoms with Crippen molar-refractivity contribution in [1.82, 2.24) is 8.75 Å². The van der Waals surface area contributed by atoms with Crippen LogP contribution in [0.25, 0.3) is 11.0 Å². The van der Waals surface area contributed by atoms with Crippen molar-refractivity contribution >= 4 is 28.4 Å². The molecule has 1 aliphatic heterocycles. The van der Waals surface area contributed by atoms with Crippen LogP contribution in [0.2, 0.25) is 0 Å². The molecule has 1 saturated heterocycles. The lowest BCUT2D eigenvalue weighted by molar-refractivity contribution is 0.949. The molecule has 1 fully saturated rings. The van der Waals surface area contributed by atoms with E-state index in [9.17, 15) is 0 Å². The molecule has 1 aromatic heterocycles. The number of hydrogen-bond donors (Lipinski definition) is 0. The van der Waals surface area contributed by atoms with E-state index in [1.807, 2.05) is 0 Å². The highest BCUT2D eigenvalue weighted by atomic mass is 32.1. The van der Waals surface area contributed by atoms with Crippen LogP contribution in [-0.2, 0) is 0 Å². The van der Waals surface area contributed by atoms with Gasteiger partial charge in [0, 0.05) is 13.1 Å². The van der Waals surface area contributed by atoms with Gasteiger partial charge in [-0.05, 0) is 31.4 Å². The van der Waals surface area contributed by atoms with Gasteiger partial charge in [0.2, 0.25) is 0 Å². The van der Waals surface area contributed by atoms with Crippen LogP contribution in [0.1, 0.15) is 18.4 Å². The molecule has 0 aliphatic carbocycles. The Labute approximate surface area is 93.1 Å². The van der Waals surface area contributed by atoms with Crippen LogP contribution < -0.4 is 4.90 Å². The van der Waals surface area contributed by atoms with E-state index in [0.29, 0.717) is 0 Å². The Kier molecular flexibility index (Phi) is 2.09. The van der Waals surface area contributed by atoms with Gasteiger partial charge < -0.3 is 4.90 Å². The molecule has 0 saturated carbocycles. The summed E-state index contributed by atoms with van der Waals surface area (Å²) in [5.41, 5.74) is 4.74. The first-order valence-electron chi connectivity index (χ1n) is 5.33. The molecule has 0 N–H and O–H groups in total. The molecule has 0 bridgehead atoms. The highest BCUT2D eigenvalue weighted by molar-refractivity contribution is 7.00. The number of aromatic nitrogens is 2. The molecule has 0 unspecified atom stereocenters. The van der Waals surface area contributed by atoms with Gasteiger partial charge in [0.15, 0.2) is 0 Å². The molecule has 2 aromatic rings. The fourth-order valence-electron chi connectivity index (χ4n) is 2.28. The summed E-state index contributed by atoms with van der Waals surface area (Å²) in [6, 6.07) is 4.21. The molecular weight excluding hydrogens is 206 g/mol. The van der Waals surface area contributed by atoms with Gasteiger partial charge in [-0.3, -0.25) is 0 Å². The Bertz CT molecular complexity index is 486. The molecule has 2 heterocycles. The van der Waals surface area contributed by atoms with Crippen LogP contribution >= 0.6 is 11.7 Å². The summed E-state index contributed by atoms with van der Waals surface area (Å²) in [4.78, 5) is 2.44. The molecule has 0 radical (unpaired) electrons. The van der Waals surface area contributed by atoms with Crippen LogP contribution in [0.5, 0.6) is 0 Å². The van der Waals surface area contributed by atoms with Gasteiger partial charge in [-0.25, -0.2) is 0 Å². The minimum atomic E-state index is 1.03. The maximum absolute atomic E-state index is 4.41. The second kappa shape index (κ2) is 3.45. The molecule has 15 heavy (non-hydrogen) atoms. The summed E-state index contributed by atoms with van der Waals surface area (Å²) in [5.74, 6) is 0. The average molecular weight is 219 g/mol. The Morgan fingerprint density at radius 3 is 2.80 bits per heavy atom. The van der Waals surface area contributed by atoms with Gasteiger partial charge >= 0.3 is 0 Å². The summed E-state index contributed by atoms with van der Waals surface area (Å²) in [6.45, 7) is 4.49. The monoisotopic (exact) mass is 219 g/mol. The van der Waals surface area contributed by atoms with Crippen molar-refractivity contribution in [3.8, 4) is 0 Å². The first kappa shape index (κ1) is 9.09. The van der Waals surface area contributed by atoms with Gasteiger partial charge in [0.25, 0.3) is 0 Å². The maximum Gasteiger partial charge on any atom is 0.128 e. The number of hydrogen-bond acceptors (Lipinski definition) is 4. The van der Waals surface area contributed by atoms with E-state index in [4.69, 9.17) is 0 Å². The first-order chi connectivity index (χ1) is 7.36. The lowest BCUT2D eigenvalue weighted by Gasteiger charge is -2.19. The Balaban J connectivity index is 2.21. The van der Waals surface area contributed by atoms with E-state index in [1.165, 1.54) is 35.8 Å². The molecule has 0 amide bonds. The lowest BCUT2D eigenvalue weighted by atomic mass is 10.1. The lowest BCUT2D eigenvalue weighted by Crippen LogP contribution is -2.19. The van der Waals surface area contributed by atoms with Gasteiger partial charge in [-0.1, -0.05) is 6.07 Å². The topological polar surface area (TPSA) is 29.0 Å². The number of benzene rings is 1. The largest absolute Gasteiger partial charge is 0.369 e. The second-order valence-electron chi connectivity index (χ2n) is 4.06. The smallest absolute Gasteiger partial charge is 0.128 e. The average Bonchev–Trinajstić information content (AvgIpc) is 2.85. The molecule has 0 atom stereocenters. The minimum absolute atomic E-state index is 1.03. The van der Waals surface area contributed by atoms with Gasteiger partial charge in [-0.2, -0.15) is 8.75 Å². The van der Waals surface area contributed by atoms with E-state index in [2.05, 4.69) is 32.7 Å². The van der Waals surface area contributed by atoms with Crippen molar-refractivity contribution in [1.29, 1.82) is 0 Å². The molecular formula is C11H13N3S. The van der Waals surface area contributed by atoms with Gasteiger partial charge in [-0.15, -0.1) is 0 Å². The maximum atomic E-state index is 4.41. The van der Waals surface area contributed by atoms with E-state index < -0.39 is 0 Å². The molecule has 1 aromatic carbocycles. The SMILES string of the molecule is Cc1ccc2nsnc2c1N1CCCC1. The van der Waals surface area contributed by atoms with Crippen LogP contribution in [-0.4, -0.2) is 21.8 Å². The molecule has 3 rings (SSSR count). The number of nitrogens with zero attached hydrogens (tertiary/aromatic N) is 3. The molecule has 78 valence electrons. The predicted octanol–water partition coefficient (Wildman–Crippen LogP) is 2.60. The molecule has 4 heteroatoms. The first-order valence-corrected chi connectivity index (χ1v) is 6.06. The van der Waals surface area contributed by atoms with E-state index >= 15 is 0 Å².